The van der Waals surface area contributed by atoms with Crippen molar-refractivity contribution in [2.24, 2.45) is 0 Å². The number of hydrogen-bond donors (Lipinski definition) is 0. The minimum absolute atomic E-state index is 0. The smallest absolute Gasteiger partial charge is 0.0788 e. The van der Waals surface area contributed by atoms with Crippen LogP contribution in [0.1, 0.15) is 71.6 Å². The fourth-order valence-electron chi connectivity index (χ4n) is 3.11. The normalized spacial score (nSPS) is 18.0. The molecular formula is C15H32FN. The molecule has 1 saturated heterocycles. The van der Waals surface area contributed by atoms with Crippen LogP contribution in [0.2, 0.25) is 0 Å². The average Bonchev–Trinajstić information content (AvgIpc) is 2.77. The largest absolute Gasteiger partial charge is 1.00 e. The van der Waals surface area contributed by atoms with Crippen molar-refractivity contribution in [3.8, 4) is 0 Å². The van der Waals surface area contributed by atoms with Crippen molar-refractivity contribution in [1.29, 1.82) is 0 Å². The van der Waals surface area contributed by atoms with E-state index < -0.39 is 0 Å². The van der Waals surface area contributed by atoms with Crippen molar-refractivity contribution in [3.63, 3.8) is 0 Å². The van der Waals surface area contributed by atoms with E-state index in [4.69, 9.17) is 0 Å². The van der Waals surface area contributed by atoms with Crippen LogP contribution in [-0.2, 0) is 0 Å². The van der Waals surface area contributed by atoms with Crippen LogP contribution in [0.15, 0.2) is 0 Å². The Morgan fingerprint density at radius 1 is 0.765 bits per heavy atom. The Labute approximate surface area is 108 Å². The molecule has 0 aromatic rings. The molecule has 1 heterocycles. The second-order valence-corrected chi connectivity index (χ2v) is 5.66. The molecule has 1 fully saturated rings. The predicted octanol–water partition coefficient (Wildman–Crippen LogP) is 1.37. The van der Waals surface area contributed by atoms with Crippen LogP contribution in [0.4, 0.5) is 0 Å². The fraction of sp³-hybridized carbons (Fsp3) is 1.00. The number of rotatable bonds is 9. The molecule has 1 aliphatic rings. The molecule has 1 aliphatic heterocycles. The number of likely N-dealkylation sites (tertiary alicyclic amines) is 1. The van der Waals surface area contributed by atoms with Crippen LogP contribution >= 0.6 is 0 Å². The third-order valence-corrected chi connectivity index (χ3v) is 4.42. The van der Waals surface area contributed by atoms with Crippen LogP contribution in [0.25, 0.3) is 0 Å². The molecule has 104 valence electrons. The summed E-state index contributed by atoms with van der Waals surface area (Å²) in [6.45, 7) is 10.4. The van der Waals surface area contributed by atoms with Crippen molar-refractivity contribution in [2.45, 2.75) is 71.6 Å². The minimum Gasteiger partial charge on any atom is -1.00 e. The second kappa shape index (κ2) is 9.87. The summed E-state index contributed by atoms with van der Waals surface area (Å²) in [6, 6.07) is 0. The van der Waals surface area contributed by atoms with Gasteiger partial charge in [0, 0.05) is 12.8 Å². The molecular weight excluding hydrogens is 213 g/mol. The van der Waals surface area contributed by atoms with Gasteiger partial charge in [0.1, 0.15) is 0 Å². The van der Waals surface area contributed by atoms with Gasteiger partial charge in [-0.15, -0.1) is 0 Å². The Bertz CT molecular complexity index is 164. The van der Waals surface area contributed by atoms with E-state index in [2.05, 4.69) is 13.8 Å². The molecule has 0 N–H and O–H groups in total. The monoisotopic (exact) mass is 245 g/mol. The maximum atomic E-state index is 2.38. The standard InChI is InChI=1S/C15H32N.FH/c1-3-5-6-7-8-9-10-13-16(4-2)14-11-12-15-16;/h3-15H2,1-2H3;1H/q+1;/p-1. The first kappa shape index (κ1) is 16.9. The van der Waals surface area contributed by atoms with E-state index in [-0.39, 0.29) is 4.70 Å². The van der Waals surface area contributed by atoms with Crippen molar-refractivity contribution < 1.29 is 9.19 Å². The molecule has 0 aromatic heterocycles. The maximum Gasteiger partial charge on any atom is 0.0788 e. The van der Waals surface area contributed by atoms with Crippen LogP contribution in [0.3, 0.4) is 0 Å². The van der Waals surface area contributed by atoms with E-state index in [1.807, 2.05) is 0 Å². The minimum atomic E-state index is 0. The lowest BCUT2D eigenvalue weighted by atomic mass is 10.1. The summed E-state index contributed by atoms with van der Waals surface area (Å²) in [5.74, 6) is 0. The number of halogens is 1. The molecule has 17 heavy (non-hydrogen) atoms. The van der Waals surface area contributed by atoms with Gasteiger partial charge in [-0.2, -0.15) is 0 Å². The molecule has 0 radical (unpaired) electrons. The van der Waals surface area contributed by atoms with Gasteiger partial charge in [-0.05, 0) is 19.8 Å². The number of unbranched alkanes of at least 4 members (excludes halogenated alkanes) is 6. The van der Waals surface area contributed by atoms with Gasteiger partial charge in [0.2, 0.25) is 0 Å². The molecule has 0 unspecified atom stereocenters. The average molecular weight is 245 g/mol. The number of nitrogens with zero attached hydrogens (tertiary/aromatic N) is 1. The SMILES string of the molecule is CCCCCCCCC[N+]1(CC)CCCC1.[F-]. The third-order valence-electron chi connectivity index (χ3n) is 4.42. The van der Waals surface area contributed by atoms with Crippen LogP contribution in [-0.4, -0.2) is 30.7 Å². The van der Waals surface area contributed by atoms with Gasteiger partial charge in [0.05, 0.1) is 26.2 Å². The molecule has 0 aromatic carbocycles. The summed E-state index contributed by atoms with van der Waals surface area (Å²) >= 11 is 0. The summed E-state index contributed by atoms with van der Waals surface area (Å²) in [5, 5.41) is 0. The lowest BCUT2D eigenvalue weighted by Gasteiger charge is -2.33. The Morgan fingerprint density at radius 2 is 1.29 bits per heavy atom. The Balaban J connectivity index is 0.00000256. The fourth-order valence-corrected chi connectivity index (χ4v) is 3.11. The van der Waals surface area contributed by atoms with Crippen LogP contribution in [0, 0.1) is 0 Å². The summed E-state index contributed by atoms with van der Waals surface area (Å²) in [4.78, 5) is 0. The maximum absolute atomic E-state index is 2.38. The Morgan fingerprint density at radius 3 is 1.82 bits per heavy atom. The van der Waals surface area contributed by atoms with Gasteiger partial charge >= 0.3 is 0 Å². The molecule has 1 nitrogen and oxygen atoms in total. The lowest BCUT2D eigenvalue weighted by Crippen LogP contribution is -3.00. The first-order valence-corrected chi connectivity index (χ1v) is 7.68. The van der Waals surface area contributed by atoms with Gasteiger partial charge in [0.15, 0.2) is 0 Å². The molecule has 2 heteroatoms. The van der Waals surface area contributed by atoms with E-state index in [0.29, 0.717) is 0 Å². The van der Waals surface area contributed by atoms with E-state index in [9.17, 15) is 0 Å². The van der Waals surface area contributed by atoms with Crippen molar-refractivity contribution in [2.75, 3.05) is 26.2 Å². The highest BCUT2D eigenvalue weighted by Gasteiger charge is 2.28. The Hall–Kier alpha value is -0.110. The van der Waals surface area contributed by atoms with Crippen molar-refractivity contribution in [3.05, 3.63) is 0 Å². The lowest BCUT2D eigenvalue weighted by molar-refractivity contribution is -0.915. The highest BCUT2D eigenvalue weighted by Crippen LogP contribution is 2.20. The topological polar surface area (TPSA) is 0 Å². The van der Waals surface area contributed by atoms with Gasteiger partial charge < -0.3 is 9.19 Å². The molecule has 0 atom stereocenters. The van der Waals surface area contributed by atoms with Crippen molar-refractivity contribution in [1.82, 2.24) is 0 Å². The third kappa shape index (κ3) is 6.40. The Kier molecular flexibility index (Phi) is 9.81. The van der Waals surface area contributed by atoms with E-state index in [0.717, 1.165) is 0 Å². The van der Waals surface area contributed by atoms with E-state index in [1.165, 1.54) is 88.4 Å². The first-order chi connectivity index (χ1) is 7.83. The number of quaternary nitrogens is 1. The van der Waals surface area contributed by atoms with Gasteiger partial charge in [0.25, 0.3) is 0 Å². The zero-order valence-electron chi connectivity index (χ0n) is 12.0. The van der Waals surface area contributed by atoms with Crippen molar-refractivity contribution >= 4 is 0 Å². The number of hydrogen-bond acceptors (Lipinski definition) is 0. The summed E-state index contributed by atoms with van der Waals surface area (Å²) in [5.41, 5.74) is 0. The quantitative estimate of drug-likeness (QED) is 0.425. The van der Waals surface area contributed by atoms with Crippen LogP contribution < -0.4 is 4.70 Å². The van der Waals surface area contributed by atoms with Crippen LogP contribution in [0.5, 0.6) is 0 Å². The summed E-state index contributed by atoms with van der Waals surface area (Å²) in [7, 11) is 0. The molecule has 0 aliphatic carbocycles. The van der Waals surface area contributed by atoms with Gasteiger partial charge in [-0.1, -0.05) is 39.0 Å². The first-order valence-electron chi connectivity index (χ1n) is 7.68. The molecule has 0 spiro atoms. The summed E-state index contributed by atoms with van der Waals surface area (Å²) in [6.07, 6.45) is 13.1. The molecule has 0 saturated carbocycles. The highest BCUT2D eigenvalue weighted by atomic mass is 19.0. The van der Waals surface area contributed by atoms with Gasteiger partial charge in [-0.25, -0.2) is 0 Å². The van der Waals surface area contributed by atoms with E-state index >= 15 is 0 Å². The summed E-state index contributed by atoms with van der Waals surface area (Å²) < 4.78 is 1.44. The molecule has 0 amide bonds. The van der Waals surface area contributed by atoms with Gasteiger partial charge in [-0.3, -0.25) is 0 Å². The predicted molar refractivity (Wildman–Crippen MR) is 72.6 cm³/mol. The highest BCUT2D eigenvalue weighted by molar-refractivity contribution is 4.54. The molecule has 1 rings (SSSR count). The second-order valence-electron chi connectivity index (χ2n) is 5.66. The molecule has 0 bridgehead atoms. The van der Waals surface area contributed by atoms with E-state index in [1.54, 1.807) is 0 Å². The zero-order chi connectivity index (χ0) is 11.7. The zero-order valence-corrected chi connectivity index (χ0v) is 12.0.